The molecular formula is C15H26N2O4. The van der Waals surface area contributed by atoms with Crippen LogP contribution in [0.2, 0.25) is 0 Å². The number of likely N-dealkylation sites (tertiary alicyclic amines) is 1. The molecule has 2 aliphatic rings. The maximum Gasteiger partial charge on any atom is 0.320 e. The standard InChI is InChI=1S/C15H26N2O4/c1-4-11-7-6-10(3)17(11)15(20)16(5-2)13-9-21-8-12(13)14(18)19/h10-13H,4-9H2,1-3H3,(H,18,19). The molecule has 0 aliphatic carbocycles. The van der Waals surface area contributed by atoms with Crippen molar-refractivity contribution in [1.29, 1.82) is 0 Å². The lowest BCUT2D eigenvalue weighted by Crippen LogP contribution is -2.54. The second-order valence-corrected chi connectivity index (χ2v) is 6.01. The molecule has 0 aromatic rings. The highest BCUT2D eigenvalue weighted by Crippen LogP contribution is 2.29. The number of nitrogens with zero attached hydrogens (tertiary/aromatic N) is 2. The van der Waals surface area contributed by atoms with Gasteiger partial charge in [-0.3, -0.25) is 4.79 Å². The molecule has 0 aromatic carbocycles. The molecule has 21 heavy (non-hydrogen) atoms. The Morgan fingerprint density at radius 1 is 1.29 bits per heavy atom. The van der Waals surface area contributed by atoms with Crippen LogP contribution in [0.4, 0.5) is 4.79 Å². The number of carboxylic acids is 1. The van der Waals surface area contributed by atoms with E-state index in [0.29, 0.717) is 13.2 Å². The normalized spacial score (nSPS) is 32.4. The fourth-order valence-corrected chi connectivity index (χ4v) is 3.56. The number of urea groups is 1. The summed E-state index contributed by atoms with van der Waals surface area (Å²) in [5.41, 5.74) is 0. The number of rotatable bonds is 4. The second kappa shape index (κ2) is 6.64. The molecule has 2 fully saturated rings. The van der Waals surface area contributed by atoms with Crippen LogP contribution in [0.15, 0.2) is 0 Å². The highest BCUT2D eigenvalue weighted by Gasteiger charge is 2.43. The van der Waals surface area contributed by atoms with Gasteiger partial charge in [0, 0.05) is 18.6 Å². The van der Waals surface area contributed by atoms with Crippen LogP contribution in [-0.2, 0) is 9.53 Å². The lowest BCUT2D eigenvalue weighted by atomic mass is 10.0. The predicted molar refractivity (Wildman–Crippen MR) is 78.1 cm³/mol. The Morgan fingerprint density at radius 3 is 2.57 bits per heavy atom. The highest BCUT2D eigenvalue weighted by molar-refractivity contribution is 5.78. The summed E-state index contributed by atoms with van der Waals surface area (Å²) in [7, 11) is 0. The summed E-state index contributed by atoms with van der Waals surface area (Å²) >= 11 is 0. The van der Waals surface area contributed by atoms with Gasteiger partial charge in [-0.2, -0.15) is 0 Å². The van der Waals surface area contributed by atoms with Crippen molar-refractivity contribution in [2.75, 3.05) is 19.8 Å². The number of amides is 2. The van der Waals surface area contributed by atoms with Crippen molar-refractivity contribution in [1.82, 2.24) is 9.80 Å². The molecule has 6 nitrogen and oxygen atoms in total. The molecule has 2 rings (SSSR count). The maximum atomic E-state index is 12.9. The van der Waals surface area contributed by atoms with Crippen molar-refractivity contribution in [3.05, 3.63) is 0 Å². The lowest BCUT2D eigenvalue weighted by Gasteiger charge is -2.37. The van der Waals surface area contributed by atoms with E-state index >= 15 is 0 Å². The van der Waals surface area contributed by atoms with Gasteiger partial charge >= 0.3 is 12.0 Å². The quantitative estimate of drug-likeness (QED) is 0.859. The van der Waals surface area contributed by atoms with Gasteiger partial charge in [-0.15, -0.1) is 0 Å². The van der Waals surface area contributed by atoms with Crippen LogP contribution < -0.4 is 0 Å². The second-order valence-electron chi connectivity index (χ2n) is 6.01. The molecule has 0 radical (unpaired) electrons. The van der Waals surface area contributed by atoms with Crippen molar-refractivity contribution < 1.29 is 19.4 Å². The van der Waals surface area contributed by atoms with Gasteiger partial charge in [0.15, 0.2) is 0 Å². The highest BCUT2D eigenvalue weighted by atomic mass is 16.5. The zero-order valence-corrected chi connectivity index (χ0v) is 13.1. The fourth-order valence-electron chi connectivity index (χ4n) is 3.56. The van der Waals surface area contributed by atoms with E-state index in [1.807, 2.05) is 11.8 Å². The zero-order chi connectivity index (χ0) is 15.6. The number of carbonyl (C=O) groups excluding carboxylic acids is 1. The smallest absolute Gasteiger partial charge is 0.320 e. The third kappa shape index (κ3) is 3.00. The molecule has 0 saturated carbocycles. The Labute approximate surface area is 126 Å². The molecule has 120 valence electrons. The molecule has 4 unspecified atom stereocenters. The minimum atomic E-state index is -0.884. The number of carbonyl (C=O) groups is 2. The molecule has 0 bridgehead atoms. The van der Waals surface area contributed by atoms with Crippen LogP contribution in [0.1, 0.15) is 40.0 Å². The maximum absolute atomic E-state index is 12.9. The first kappa shape index (κ1) is 16.1. The number of hydrogen-bond acceptors (Lipinski definition) is 3. The largest absolute Gasteiger partial charge is 0.481 e. The Kier molecular flexibility index (Phi) is 5.08. The van der Waals surface area contributed by atoms with Crippen LogP contribution in [0, 0.1) is 5.92 Å². The molecular weight excluding hydrogens is 272 g/mol. The van der Waals surface area contributed by atoms with Gasteiger partial charge in [-0.1, -0.05) is 6.92 Å². The van der Waals surface area contributed by atoms with Crippen LogP contribution >= 0.6 is 0 Å². The van der Waals surface area contributed by atoms with Crippen molar-refractivity contribution in [3.8, 4) is 0 Å². The van der Waals surface area contributed by atoms with E-state index in [1.54, 1.807) is 4.90 Å². The monoisotopic (exact) mass is 298 g/mol. The molecule has 6 heteroatoms. The molecule has 2 saturated heterocycles. The van der Waals surface area contributed by atoms with Gasteiger partial charge in [-0.05, 0) is 33.1 Å². The Balaban J connectivity index is 2.16. The lowest BCUT2D eigenvalue weighted by molar-refractivity contribution is -0.142. The number of likely N-dealkylation sites (N-methyl/N-ethyl adjacent to an activating group) is 1. The summed E-state index contributed by atoms with van der Waals surface area (Å²) in [5, 5.41) is 9.29. The van der Waals surface area contributed by atoms with E-state index in [1.165, 1.54) is 0 Å². The van der Waals surface area contributed by atoms with Crippen LogP contribution in [0.25, 0.3) is 0 Å². The van der Waals surface area contributed by atoms with Gasteiger partial charge in [0.1, 0.15) is 5.92 Å². The van der Waals surface area contributed by atoms with Crippen molar-refractivity contribution in [3.63, 3.8) is 0 Å². The van der Waals surface area contributed by atoms with Crippen LogP contribution in [0.5, 0.6) is 0 Å². The van der Waals surface area contributed by atoms with Crippen molar-refractivity contribution in [2.24, 2.45) is 5.92 Å². The zero-order valence-electron chi connectivity index (χ0n) is 13.1. The van der Waals surface area contributed by atoms with E-state index in [2.05, 4.69) is 13.8 Å². The SMILES string of the molecule is CCC1CCC(C)N1C(=O)N(CC)C1COCC1C(=O)O. The first-order chi connectivity index (χ1) is 10.0. The number of hydrogen-bond donors (Lipinski definition) is 1. The van der Waals surface area contributed by atoms with Crippen LogP contribution in [0.3, 0.4) is 0 Å². The summed E-state index contributed by atoms with van der Waals surface area (Å²) in [4.78, 5) is 27.9. The van der Waals surface area contributed by atoms with Gasteiger partial charge in [0.05, 0.1) is 19.3 Å². The van der Waals surface area contributed by atoms with E-state index < -0.39 is 11.9 Å². The Hall–Kier alpha value is -1.30. The first-order valence-electron chi connectivity index (χ1n) is 7.90. The minimum Gasteiger partial charge on any atom is -0.481 e. The van der Waals surface area contributed by atoms with E-state index in [-0.39, 0.29) is 30.8 Å². The average molecular weight is 298 g/mol. The van der Waals surface area contributed by atoms with Crippen LogP contribution in [-0.4, -0.2) is 64.8 Å². The summed E-state index contributed by atoms with van der Waals surface area (Å²) < 4.78 is 5.31. The molecule has 2 heterocycles. The fraction of sp³-hybridized carbons (Fsp3) is 0.867. The molecule has 1 N–H and O–H groups in total. The predicted octanol–water partition coefficient (Wildman–Crippen LogP) is 1.79. The Morgan fingerprint density at radius 2 is 2.00 bits per heavy atom. The first-order valence-corrected chi connectivity index (χ1v) is 7.90. The molecule has 4 atom stereocenters. The van der Waals surface area contributed by atoms with E-state index in [9.17, 15) is 14.7 Å². The number of carboxylic acid groups (broad SMARTS) is 1. The van der Waals surface area contributed by atoms with Crippen molar-refractivity contribution in [2.45, 2.75) is 58.2 Å². The molecule has 0 aromatic heterocycles. The molecule has 2 amide bonds. The minimum absolute atomic E-state index is 0.0314. The number of ether oxygens (including phenoxy) is 1. The van der Waals surface area contributed by atoms with Crippen molar-refractivity contribution >= 4 is 12.0 Å². The molecule has 2 aliphatic heterocycles. The Bertz CT molecular complexity index is 401. The summed E-state index contributed by atoms with van der Waals surface area (Å²) in [5.74, 6) is -1.50. The van der Waals surface area contributed by atoms with Gasteiger partial charge in [0.25, 0.3) is 0 Å². The topological polar surface area (TPSA) is 70.1 Å². The third-order valence-electron chi connectivity index (χ3n) is 4.83. The number of aliphatic carboxylic acids is 1. The van der Waals surface area contributed by atoms with Gasteiger partial charge in [0.2, 0.25) is 0 Å². The van der Waals surface area contributed by atoms with Gasteiger partial charge in [-0.25, -0.2) is 4.79 Å². The summed E-state index contributed by atoms with van der Waals surface area (Å²) in [6, 6.07) is 0.107. The summed E-state index contributed by atoms with van der Waals surface area (Å²) in [6.07, 6.45) is 2.99. The average Bonchev–Trinajstić information content (AvgIpc) is 3.06. The van der Waals surface area contributed by atoms with E-state index in [4.69, 9.17) is 4.74 Å². The summed E-state index contributed by atoms with van der Waals surface area (Å²) in [6.45, 7) is 7.08. The van der Waals surface area contributed by atoms with E-state index in [0.717, 1.165) is 19.3 Å². The molecule has 0 spiro atoms. The third-order valence-corrected chi connectivity index (χ3v) is 4.83. The van der Waals surface area contributed by atoms with Gasteiger partial charge < -0.3 is 19.6 Å².